The van der Waals surface area contributed by atoms with E-state index in [4.69, 9.17) is 4.74 Å². The van der Waals surface area contributed by atoms with Crippen molar-refractivity contribution in [2.24, 2.45) is 7.05 Å². The van der Waals surface area contributed by atoms with Crippen molar-refractivity contribution in [3.63, 3.8) is 0 Å². The number of carbonyl (C=O) groups excluding carboxylic acids is 1. The molecule has 2 rings (SSSR count). The van der Waals surface area contributed by atoms with Crippen LogP contribution in [0, 0.1) is 6.92 Å². The molecule has 112 valence electrons. The summed E-state index contributed by atoms with van der Waals surface area (Å²) in [5.74, 6) is -0.499. The minimum atomic E-state index is -0.499. The number of esters is 1. The fourth-order valence-corrected chi connectivity index (χ4v) is 1.68. The highest BCUT2D eigenvalue weighted by molar-refractivity contribution is 5.87. The molecule has 0 amide bonds. The van der Waals surface area contributed by atoms with E-state index in [0.29, 0.717) is 0 Å². The van der Waals surface area contributed by atoms with Gasteiger partial charge < -0.3 is 9.30 Å². The maximum Gasteiger partial charge on any atom is 0.355 e. The normalized spacial score (nSPS) is 9.52. The summed E-state index contributed by atoms with van der Waals surface area (Å²) < 4.78 is 6.47. The van der Waals surface area contributed by atoms with Crippen LogP contribution < -0.4 is 5.56 Å². The number of aromatic nitrogens is 1. The number of pyridine rings is 1. The summed E-state index contributed by atoms with van der Waals surface area (Å²) in [5, 5.41) is 0. The number of ether oxygens (including phenoxy) is 1. The summed E-state index contributed by atoms with van der Waals surface area (Å²) in [5.41, 5.74) is 2.09. The van der Waals surface area contributed by atoms with Gasteiger partial charge in [-0.3, -0.25) is 4.79 Å². The van der Waals surface area contributed by atoms with E-state index in [-0.39, 0.29) is 17.9 Å². The van der Waals surface area contributed by atoms with E-state index in [2.05, 4.69) is 0 Å². The Morgan fingerprint density at radius 3 is 2.33 bits per heavy atom. The van der Waals surface area contributed by atoms with Crippen LogP contribution in [0.3, 0.4) is 0 Å². The van der Waals surface area contributed by atoms with Gasteiger partial charge >= 0.3 is 5.97 Å². The van der Waals surface area contributed by atoms with Crippen LogP contribution in [-0.2, 0) is 18.4 Å². The summed E-state index contributed by atoms with van der Waals surface area (Å²) in [7, 11) is 1.55. The first kappa shape index (κ1) is 16.7. The molecule has 0 N–H and O–H groups in total. The zero-order chi connectivity index (χ0) is 15.8. The molecule has 4 heteroatoms. The van der Waals surface area contributed by atoms with Gasteiger partial charge in [0.2, 0.25) is 0 Å². The summed E-state index contributed by atoms with van der Waals surface area (Å²) in [4.78, 5) is 23.3. The lowest BCUT2D eigenvalue weighted by atomic mass is 10.2. The van der Waals surface area contributed by atoms with E-state index in [9.17, 15) is 9.59 Å². The van der Waals surface area contributed by atoms with Crippen molar-refractivity contribution in [2.75, 3.05) is 0 Å². The van der Waals surface area contributed by atoms with E-state index in [0.717, 1.165) is 11.1 Å². The average molecular weight is 287 g/mol. The SMILES string of the molecule is CC.Cc1ccc(COC(=O)c2cccc(=O)n2C)cc1. The molecule has 0 aliphatic carbocycles. The Labute approximate surface area is 125 Å². The van der Waals surface area contributed by atoms with Gasteiger partial charge in [0.1, 0.15) is 12.3 Å². The number of aryl methyl sites for hydroxylation is 1. The van der Waals surface area contributed by atoms with E-state index in [1.165, 1.54) is 10.6 Å². The van der Waals surface area contributed by atoms with Crippen molar-refractivity contribution in [1.29, 1.82) is 0 Å². The predicted molar refractivity (Wildman–Crippen MR) is 83.3 cm³/mol. The number of nitrogens with zero attached hydrogens (tertiary/aromatic N) is 1. The van der Waals surface area contributed by atoms with Gasteiger partial charge in [0.25, 0.3) is 5.56 Å². The fourth-order valence-electron chi connectivity index (χ4n) is 1.68. The second-order valence-corrected chi connectivity index (χ2v) is 4.37. The Bertz CT molecular complexity index is 642. The van der Waals surface area contributed by atoms with Crippen molar-refractivity contribution in [3.05, 3.63) is 69.6 Å². The van der Waals surface area contributed by atoms with Crippen molar-refractivity contribution < 1.29 is 9.53 Å². The first-order chi connectivity index (χ1) is 10.1. The topological polar surface area (TPSA) is 48.3 Å². The van der Waals surface area contributed by atoms with Gasteiger partial charge in [-0.15, -0.1) is 0 Å². The van der Waals surface area contributed by atoms with Gasteiger partial charge in [0.15, 0.2) is 0 Å². The third-order valence-corrected chi connectivity index (χ3v) is 2.88. The quantitative estimate of drug-likeness (QED) is 0.815. The number of carbonyl (C=O) groups is 1. The number of rotatable bonds is 3. The summed E-state index contributed by atoms with van der Waals surface area (Å²) in [6.45, 7) is 6.19. The summed E-state index contributed by atoms with van der Waals surface area (Å²) >= 11 is 0. The maximum atomic E-state index is 11.9. The molecule has 0 atom stereocenters. The fraction of sp³-hybridized carbons (Fsp3) is 0.294. The second-order valence-electron chi connectivity index (χ2n) is 4.37. The Balaban J connectivity index is 0.00000106. The van der Waals surface area contributed by atoms with Crippen molar-refractivity contribution in [2.45, 2.75) is 27.4 Å². The van der Waals surface area contributed by atoms with Crippen LogP contribution in [-0.4, -0.2) is 10.5 Å². The third-order valence-electron chi connectivity index (χ3n) is 2.88. The first-order valence-electron chi connectivity index (χ1n) is 6.96. The maximum absolute atomic E-state index is 11.9. The predicted octanol–water partition coefficient (Wildman–Crippen LogP) is 3.08. The van der Waals surface area contributed by atoms with Gasteiger partial charge in [-0.05, 0) is 18.6 Å². The van der Waals surface area contributed by atoms with Gasteiger partial charge in [-0.1, -0.05) is 49.7 Å². The molecule has 0 bridgehead atoms. The lowest BCUT2D eigenvalue weighted by Gasteiger charge is -2.08. The van der Waals surface area contributed by atoms with Crippen LogP contribution >= 0.6 is 0 Å². The molecule has 0 spiro atoms. The molecular weight excluding hydrogens is 266 g/mol. The standard InChI is InChI=1S/C15H15NO3.C2H6/c1-11-6-8-12(9-7-11)10-19-15(18)13-4-3-5-14(17)16(13)2;1-2/h3-9H,10H2,1-2H3;1-2H3. The average Bonchev–Trinajstić information content (AvgIpc) is 2.51. The van der Waals surface area contributed by atoms with Crippen LogP contribution in [0.15, 0.2) is 47.3 Å². The molecule has 2 aromatic rings. The minimum absolute atomic E-state index is 0.197. The summed E-state index contributed by atoms with van der Waals surface area (Å²) in [6.07, 6.45) is 0. The van der Waals surface area contributed by atoms with Crippen molar-refractivity contribution >= 4 is 5.97 Å². The third kappa shape index (κ3) is 4.60. The van der Waals surface area contributed by atoms with Gasteiger partial charge in [-0.2, -0.15) is 0 Å². The Kier molecular flexibility index (Phi) is 6.40. The Hall–Kier alpha value is -2.36. The molecular formula is C17H21NO3. The van der Waals surface area contributed by atoms with E-state index >= 15 is 0 Å². The van der Waals surface area contributed by atoms with Crippen LogP contribution in [0.4, 0.5) is 0 Å². The molecule has 0 fully saturated rings. The monoisotopic (exact) mass is 287 g/mol. The lowest BCUT2D eigenvalue weighted by molar-refractivity contribution is 0.0460. The molecule has 1 heterocycles. The molecule has 0 aliphatic heterocycles. The van der Waals surface area contributed by atoms with Crippen LogP contribution in [0.25, 0.3) is 0 Å². The largest absolute Gasteiger partial charge is 0.456 e. The van der Waals surface area contributed by atoms with Crippen LogP contribution in [0.1, 0.15) is 35.5 Å². The van der Waals surface area contributed by atoms with Crippen LogP contribution in [0.2, 0.25) is 0 Å². The molecule has 0 saturated heterocycles. The zero-order valence-corrected chi connectivity index (χ0v) is 12.9. The highest BCUT2D eigenvalue weighted by Crippen LogP contribution is 2.06. The molecule has 1 aromatic heterocycles. The van der Waals surface area contributed by atoms with Crippen molar-refractivity contribution in [3.8, 4) is 0 Å². The molecule has 0 radical (unpaired) electrons. The molecule has 1 aromatic carbocycles. The molecule has 0 saturated carbocycles. The molecule has 21 heavy (non-hydrogen) atoms. The van der Waals surface area contributed by atoms with Gasteiger partial charge in [0, 0.05) is 13.1 Å². The van der Waals surface area contributed by atoms with Crippen molar-refractivity contribution in [1.82, 2.24) is 4.57 Å². The minimum Gasteiger partial charge on any atom is -0.456 e. The number of benzene rings is 1. The highest BCUT2D eigenvalue weighted by Gasteiger charge is 2.11. The second kappa shape index (κ2) is 8.04. The zero-order valence-electron chi connectivity index (χ0n) is 12.9. The number of hydrogen-bond acceptors (Lipinski definition) is 3. The van der Waals surface area contributed by atoms with Crippen LogP contribution in [0.5, 0.6) is 0 Å². The Morgan fingerprint density at radius 2 is 1.71 bits per heavy atom. The van der Waals surface area contributed by atoms with Gasteiger partial charge in [-0.25, -0.2) is 4.79 Å². The molecule has 0 aliphatic rings. The van der Waals surface area contributed by atoms with E-state index in [1.807, 2.05) is 45.0 Å². The highest BCUT2D eigenvalue weighted by atomic mass is 16.5. The van der Waals surface area contributed by atoms with Gasteiger partial charge in [0.05, 0.1) is 0 Å². The lowest BCUT2D eigenvalue weighted by Crippen LogP contribution is -2.22. The first-order valence-corrected chi connectivity index (χ1v) is 6.96. The summed E-state index contributed by atoms with van der Waals surface area (Å²) in [6, 6.07) is 12.3. The van der Waals surface area contributed by atoms with E-state index < -0.39 is 5.97 Å². The molecule has 4 nitrogen and oxygen atoms in total. The Morgan fingerprint density at radius 1 is 1.10 bits per heavy atom. The molecule has 0 unspecified atom stereocenters. The van der Waals surface area contributed by atoms with E-state index in [1.54, 1.807) is 19.2 Å². The number of hydrogen-bond donors (Lipinski definition) is 0. The smallest absolute Gasteiger partial charge is 0.355 e.